The number of nitrogens with one attached hydrogen (secondary N) is 1. The lowest BCUT2D eigenvalue weighted by atomic mass is 9.99. The minimum atomic E-state index is -0.699. The molecular formula is C23H17N3O5. The molecule has 2 N–H and O–H groups in total. The number of hydrogen-bond donors (Lipinski definition) is 2. The molecule has 1 aliphatic rings. The molecule has 2 aromatic heterocycles. The molecule has 0 saturated heterocycles. The van der Waals surface area contributed by atoms with Gasteiger partial charge >= 0.3 is 0 Å². The van der Waals surface area contributed by atoms with E-state index >= 15 is 0 Å². The summed E-state index contributed by atoms with van der Waals surface area (Å²) in [5.74, 6) is 1.00. The average Bonchev–Trinajstić information content (AvgIpc) is 3.30. The molecule has 1 amide bonds. The molecule has 3 heterocycles. The van der Waals surface area contributed by atoms with Crippen molar-refractivity contribution in [3.63, 3.8) is 0 Å². The largest absolute Gasteiger partial charge is 0.494 e. The summed E-state index contributed by atoms with van der Waals surface area (Å²) in [5, 5.41) is 9.72. The second kappa shape index (κ2) is 7.58. The number of aromatic nitrogens is 2. The molecule has 31 heavy (non-hydrogen) atoms. The second-order valence-corrected chi connectivity index (χ2v) is 6.85. The number of methoxy groups -OCH3 is 1. The van der Waals surface area contributed by atoms with Gasteiger partial charge in [-0.1, -0.05) is 30.3 Å². The van der Waals surface area contributed by atoms with Crippen LogP contribution in [0, 0.1) is 0 Å². The molecule has 0 unspecified atom stereocenters. The lowest BCUT2D eigenvalue weighted by molar-refractivity contribution is 0.0705. The fourth-order valence-corrected chi connectivity index (χ4v) is 3.66. The van der Waals surface area contributed by atoms with E-state index < -0.39 is 5.91 Å². The number of nitrogens with zero attached hydrogens (tertiary/aromatic N) is 2. The summed E-state index contributed by atoms with van der Waals surface area (Å²) in [6.07, 6.45) is 3.11. The van der Waals surface area contributed by atoms with Gasteiger partial charge in [0.05, 0.1) is 18.2 Å². The van der Waals surface area contributed by atoms with Crippen LogP contribution in [-0.4, -0.2) is 35.0 Å². The molecule has 0 aliphatic carbocycles. The molecule has 154 valence electrons. The normalized spacial score (nSPS) is 12.1. The van der Waals surface area contributed by atoms with Crippen LogP contribution in [0.15, 0.2) is 60.9 Å². The first-order valence-electron chi connectivity index (χ1n) is 9.46. The van der Waals surface area contributed by atoms with Crippen LogP contribution in [0.25, 0.3) is 33.3 Å². The van der Waals surface area contributed by atoms with E-state index in [1.165, 1.54) is 13.3 Å². The maximum atomic E-state index is 12.4. The van der Waals surface area contributed by atoms with Crippen molar-refractivity contribution < 1.29 is 24.2 Å². The van der Waals surface area contributed by atoms with E-state index in [4.69, 9.17) is 14.2 Å². The number of hydroxylamine groups is 1. The summed E-state index contributed by atoms with van der Waals surface area (Å²) in [7, 11) is 1.46. The average molecular weight is 415 g/mol. The van der Waals surface area contributed by atoms with Crippen LogP contribution in [0.4, 0.5) is 0 Å². The highest BCUT2D eigenvalue weighted by atomic mass is 16.7. The molecule has 0 radical (unpaired) electrons. The van der Waals surface area contributed by atoms with E-state index in [9.17, 15) is 10.0 Å². The zero-order chi connectivity index (χ0) is 21.4. The Morgan fingerprint density at radius 1 is 1.03 bits per heavy atom. The Labute approximate surface area is 177 Å². The van der Waals surface area contributed by atoms with E-state index in [0.29, 0.717) is 22.3 Å². The smallest absolute Gasteiger partial charge is 0.279 e. The Bertz CT molecular complexity index is 1300. The van der Waals surface area contributed by atoms with Crippen molar-refractivity contribution in [2.24, 2.45) is 0 Å². The number of carbonyl (C=O) groups is 1. The molecule has 1 aliphatic heterocycles. The number of rotatable bonds is 4. The van der Waals surface area contributed by atoms with Crippen LogP contribution in [0.3, 0.4) is 0 Å². The maximum Gasteiger partial charge on any atom is 0.279 e. The van der Waals surface area contributed by atoms with Gasteiger partial charge < -0.3 is 14.2 Å². The molecule has 4 aromatic rings. The van der Waals surface area contributed by atoms with Crippen LogP contribution < -0.4 is 19.7 Å². The molecule has 0 saturated carbocycles. The van der Waals surface area contributed by atoms with E-state index in [1.807, 2.05) is 42.5 Å². The molecule has 5 rings (SSSR count). The van der Waals surface area contributed by atoms with Gasteiger partial charge in [-0.3, -0.25) is 15.0 Å². The number of carbonyl (C=O) groups excluding carboxylic acids is 1. The van der Waals surface area contributed by atoms with Gasteiger partial charge in [0.1, 0.15) is 5.69 Å². The van der Waals surface area contributed by atoms with Crippen molar-refractivity contribution in [3.8, 4) is 39.6 Å². The first-order chi connectivity index (χ1) is 15.2. The third-order valence-corrected chi connectivity index (χ3v) is 5.14. The Morgan fingerprint density at radius 3 is 2.55 bits per heavy atom. The Morgan fingerprint density at radius 2 is 1.77 bits per heavy atom. The summed E-state index contributed by atoms with van der Waals surface area (Å²) >= 11 is 0. The lowest BCUT2D eigenvalue weighted by Crippen LogP contribution is -2.20. The Hall–Kier alpha value is -4.17. The van der Waals surface area contributed by atoms with Crippen LogP contribution in [0.2, 0.25) is 0 Å². The number of ether oxygens (including phenoxy) is 3. The topological polar surface area (TPSA) is 103 Å². The lowest BCUT2D eigenvalue weighted by Gasteiger charge is -2.15. The standard InChI is InChI=1S/C23H17N3O5/c1-29-22-20(23(27)26-28)16-11-24-9-8-17(16)25-21(22)14-4-2-13(3-5-14)15-6-7-18-19(10-15)31-12-30-18/h2-11,28H,12H2,1H3,(H,26,27). The van der Waals surface area contributed by atoms with Crippen LogP contribution in [-0.2, 0) is 0 Å². The van der Waals surface area contributed by atoms with Crippen molar-refractivity contribution in [1.29, 1.82) is 0 Å². The highest BCUT2D eigenvalue weighted by Crippen LogP contribution is 2.38. The highest BCUT2D eigenvalue weighted by Gasteiger charge is 2.22. The summed E-state index contributed by atoms with van der Waals surface area (Å²) in [6, 6.07) is 15.2. The van der Waals surface area contributed by atoms with Crippen molar-refractivity contribution in [3.05, 3.63) is 66.5 Å². The maximum absolute atomic E-state index is 12.4. The van der Waals surface area contributed by atoms with Gasteiger partial charge in [-0.2, -0.15) is 0 Å². The number of benzene rings is 2. The number of fused-ring (bicyclic) bond motifs is 2. The molecule has 8 heteroatoms. The van der Waals surface area contributed by atoms with Crippen molar-refractivity contribution in [1.82, 2.24) is 15.4 Å². The fraction of sp³-hybridized carbons (Fsp3) is 0.0870. The zero-order valence-corrected chi connectivity index (χ0v) is 16.5. The van der Waals surface area contributed by atoms with E-state index in [0.717, 1.165) is 22.4 Å². The van der Waals surface area contributed by atoms with Gasteiger partial charge in [-0.15, -0.1) is 0 Å². The number of hydrogen-bond acceptors (Lipinski definition) is 7. The third kappa shape index (κ3) is 3.19. The van der Waals surface area contributed by atoms with Gasteiger partial charge in [0.15, 0.2) is 17.2 Å². The monoisotopic (exact) mass is 415 g/mol. The van der Waals surface area contributed by atoms with Gasteiger partial charge in [0.2, 0.25) is 6.79 Å². The molecule has 0 spiro atoms. The third-order valence-electron chi connectivity index (χ3n) is 5.14. The van der Waals surface area contributed by atoms with Gasteiger partial charge in [0.25, 0.3) is 5.91 Å². The SMILES string of the molecule is COc1c(-c2ccc(-c3ccc4c(c3)OCO4)cc2)nc2ccncc2c1C(=O)NO. The Balaban J connectivity index is 1.61. The summed E-state index contributed by atoms with van der Waals surface area (Å²) in [5.41, 5.74) is 5.62. The minimum absolute atomic E-state index is 0.165. The second-order valence-electron chi connectivity index (χ2n) is 6.85. The minimum Gasteiger partial charge on any atom is -0.494 e. The summed E-state index contributed by atoms with van der Waals surface area (Å²) < 4.78 is 16.4. The predicted octanol–water partition coefficient (Wildman–Crippen LogP) is 3.82. The van der Waals surface area contributed by atoms with Gasteiger partial charge in [0, 0.05) is 23.3 Å². The number of pyridine rings is 2. The number of amides is 1. The summed E-state index contributed by atoms with van der Waals surface area (Å²) in [6.45, 7) is 0.227. The van der Waals surface area contributed by atoms with E-state index in [2.05, 4.69) is 9.97 Å². The van der Waals surface area contributed by atoms with E-state index in [-0.39, 0.29) is 18.1 Å². The van der Waals surface area contributed by atoms with Crippen molar-refractivity contribution in [2.75, 3.05) is 13.9 Å². The van der Waals surface area contributed by atoms with Crippen LogP contribution >= 0.6 is 0 Å². The first kappa shape index (κ1) is 18.8. The van der Waals surface area contributed by atoms with Gasteiger partial charge in [-0.25, -0.2) is 10.5 Å². The first-order valence-corrected chi connectivity index (χ1v) is 9.46. The van der Waals surface area contributed by atoms with Crippen LogP contribution in [0.1, 0.15) is 10.4 Å². The van der Waals surface area contributed by atoms with E-state index in [1.54, 1.807) is 17.7 Å². The highest BCUT2D eigenvalue weighted by molar-refractivity contribution is 6.09. The molecule has 2 aromatic carbocycles. The van der Waals surface area contributed by atoms with Crippen molar-refractivity contribution in [2.45, 2.75) is 0 Å². The summed E-state index contributed by atoms with van der Waals surface area (Å²) in [4.78, 5) is 21.1. The molecular weight excluding hydrogens is 398 g/mol. The zero-order valence-electron chi connectivity index (χ0n) is 16.5. The molecule has 0 fully saturated rings. The molecule has 0 atom stereocenters. The fourth-order valence-electron chi connectivity index (χ4n) is 3.66. The quantitative estimate of drug-likeness (QED) is 0.386. The molecule has 0 bridgehead atoms. The van der Waals surface area contributed by atoms with Gasteiger partial charge in [-0.05, 0) is 29.3 Å². The predicted molar refractivity (Wildman–Crippen MR) is 112 cm³/mol. The molecule has 8 nitrogen and oxygen atoms in total. The van der Waals surface area contributed by atoms with Crippen LogP contribution in [0.5, 0.6) is 17.2 Å². The van der Waals surface area contributed by atoms with Crippen molar-refractivity contribution >= 4 is 16.8 Å². The Kier molecular flexibility index (Phi) is 4.61.